The van der Waals surface area contributed by atoms with Crippen LogP contribution in [0, 0.1) is 0 Å². The molecule has 0 aromatic heterocycles. The van der Waals surface area contributed by atoms with Crippen LogP contribution in [0.3, 0.4) is 0 Å². The van der Waals surface area contributed by atoms with Crippen molar-refractivity contribution in [2.45, 2.75) is 12.8 Å². The van der Waals surface area contributed by atoms with Crippen molar-refractivity contribution < 1.29 is 9.59 Å². The Hall–Kier alpha value is -1.12. The summed E-state index contributed by atoms with van der Waals surface area (Å²) in [6.45, 7) is 3.44. The molecule has 0 saturated carbocycles. The van der Waals surface area contributed by atoms with E-state index in [2.05, 4.69) is 11.9 Å². The summed E-state index contributed by atoms with van der Waals surface area (Å²) in [5.41, 5.74) is 0. The van der Waals surface area contributed by atoms with Crippen LogP contribution in [-0.2, 0) is 9.59 Å². The Morgan fingerprint density at radius 3 is 2.90 bits per heavy atom. The molecule has 0 spiro atoms. The van der Waals surface area contributed by atoms with Gasteiger partial charge in [0.1, 0.15) is 0 Å². The number of nitrogens with one attached hydrogen (secondary N) is 1. The second kappa shape index (κ2) is 6.01. The van der Waals surface area contributed by atoms with Gasteiger partial charge in [-0.1, -0.05) is 6.08 Å². The van der Waals surface area contributed by atoms with Crippen LogP contribution in [0.2, 0.25) is 0 Å². The molecule has 0 rings (SSSR count). The Morgan fingerprint density at radius 1 is 1.70 bits per heavy atom. The summed E-state index contributed by atoms with van der Waals surface area (Å²) in [6.07, 6.45) is 4.26. The van der Waals surface area contributed by atoms with Crippen molar-refractivity contribution in [2.24, 2.45) is 0 Å². The third-order valence-corrected chi connectivity index (χ3v) is 0.933. The highest BCUT2D eigenvalue weighted by molar-refractivity contribution is 5.78. The molecule has 1 amide bonds. The minimum Gasteiger partial charge on any atom is -0.349 e. The van der Waals surface area contributed by atoms with Crippen LogP contribution < -0.4 is 5.32 Å². The van der Waals surface area contributed by atoms with Crippen molar-refractivity contribution in [3.05, 3.63) is 12.7 Å². The molecule has 1 N–H and O–H groups in total. The van der Waals surface area contributed by atoms with E-state index >= 15 is 0 Å². The Balaban J connectivity index is 3.24. The first-order chi connectivity index (χ1) is 4.81. The number of allylic oxidation sites excluding steroid dienone is 1. The molecule has 0 aromatic rings. The largest absolute Gasteiger partial charge is 0.349 e. The van der Waals surface area contributed by atoms with Crippen LogP contribution >= 0.6 is 0 Å². The molecule has 1 radical (unpaired) electrons. The monoisotopic (exact) mass is 140 g/mol. The molecule has 0 heterocycles. The summed E-state index contributed by atoms with van der Waals surface area (Å²) in [4.78, 5) is 20.2. The Bertz CT molecular complexity index is 118. The van der Waals surface area contributed by atoms with Crippen LogP contribution in [0.1, 0.15) is 12.8 Å². The van der Waals surface area contributed by atoms with Crippen LogP contribution in [0.15, 0.2) is 12.7 Å². The van der Waals surface area contributed by atoms with Crippen LogP contribution in [0.4, 0.5) is 0 Å². The first kappa shape index (κ1) is 8.88. The summed E-state index contributed by atoms with van der Waals surface area (Å²) in [7, 11) is 0. The van der Waals surface area contributed by atoms with Crippen molar-refractivity contribution in [2.75, 3.05) is 6.54 Å². The molecule has 0 fully saturated rings. The topological polar surface area (TPSA) is 46.2 Å². The smallest absolute Gasteiger partial charge is 0.220 e. The lowest BCUT2D eigenvalue weighted by Crippen LogP contribution is -2.24. The van der Waals surface area contributed by atoms with Gasteiger partial charge >= 0.3 is 0 Å². The molecule has 0 bridgehead atoms. The SMILES string of the molecule is C=CCCC(=O)NC[C]=O. The predicted molar refractivity (Wildman–Crippen MR) is 38.1 cm³/mol. The third-order valence-electron chi connectivity index (χ3n) is 0.933. The zero-order valence-corrected chi connectivity index (χ0v) is 5.72. The van der Waals surface area contributed by atoms with E-state index in [1.54, 1.807) is 12.4 Å². The minimum absolute atomic E-state index is 0.0179. The van der Waals surface area contributed by atoms with Gasteiger partial charge in [-0.3, -0.25) is 9.59 Å². The highest BCUT2D eigenvalue weighted by Gasteiger charge is 1.95. The molecule has 3 heteroatoms. The van der Waals surface area contributed by atoms with E-state index in [0.717, 1.165) is 0 Å². The number of carbonyl (C=O) groups excluding carboxylic acids is 2. The summed E-state index contributed by atoms with van der Waals surface area (Å²) in [6, 6.07) is 0. The Labute approximate surface area is 60.1 Å². The number of carbonyl (C=O) groups is 1. The van der Waals surface area contributed by atoms with Crippen molar-refractivity contribution in [3.63, 3.8) is 0 Å². The van der Waals surface area contributed by atoms with Crippen molar-refractivity contribution in [3.8, 4) is 0 Å². The van der Waals surface area contributed by atoms with E-state index in [0.29, 0.717) is 12.8 Å². The lowest BCUT2D eigenvalue weighted by molar-refractivity contribution is -0.120. The maximum atomic E-state index is 10.6. The average molecular weight is 140 g/mol. The highest BCUT2D eigenvalue weighted by atomic mass is 16.2. The van der Waals surface area contributed by atoms with Gasteiger partial charge in [0.25, 0.3) is 0 Å². The number of rotatable bonds is 5. The van der Waals surface area contributed by atoms with Gasteiger partial charge in [0.2, 0.25) is 12.2 Å². The molecule has 0 aliphatic carbocycles. The van der Waals surface area contributed by atoms with E-state index in [1.165, 1.54) is 0 Å². The van der Waals surface area contributed by atoms with Crippen molar-refractivity contribution in [1.82, 2.24) is 5.32 Å². The van der Waals surface area contributed by atoms with Gasteiger partial charge in [0.05, 0.1) is 6.54 Å². The van der Waals surface area contributed by atoms with Crippen molar-refractivity contribution in [1.29, 1.82) is 0 Å². The molecule has 0 aliphatic heterocycles. The average Bonchev–Trinajstić information content (AvgIpc) is 1.97. The molecule has 55 valence electrons. The number of hydrogen-bond acceptors (Lipinski definition) is 2. The van der Waals surface area contributed by atoms with Gasteiger partial charge in [0, 0.05) is 6.42 Å². The maximum Gasteiger partial charge on any atom is 0.220 e. The van der Waals surface area contributed by atoms with Gasteiger partial charge < -0.3 is 5.32 Å². The first-order valence-corrected chi connectivity index (χ1v) is 3.04. The fraction of sp³-hybridized carbons (Fsp3) is 0.429. The molecule has 0 saturated heterocycles. The standard InChI is InChI=1S/C7H10NO2/c1-2-3-4-7(10)8-5-6-9/h2H,1,3-5H2,(H,8,10). The molecular weight excluding hydrogens is 130 g/mol. The highest BCUT2D eigenvalue weighted by Crippen LogP contribution is 1.87. The van der Waals surface area contributed by atoms with Gasteiger partial charge in [-0.15, -0.1) is 6.58 Å². The number of hydrogen-bond donors (Lipinski definition) is 1. The Morgan fingerprint density at radius 2 is 2.40 bits per heavy atom. The van der Waals surface area contributed by atoms with E-state index in [1.807, 2.05) is 0 Å². The predicted octanol–water partition coefficient (Wildman–Crippen LogP) is 0.178. The molecular formula is C7H10NO2. The zero-order valence-electron chi connectivity index (χ0n) is 5.72. The van der Waals surface area contributed by atoms with Crippen LogP contribution in [-0.4, -0.2) is 18.7 Å². The molecule has 10 heavy (non-hydrogen) atoms. The van der Waals surface area contributed by atoms with E-state index < -0.39 is 0 Å². The lowest BCUT2D eigenvalue weighted by Gasteiger charge is -1.96. The molecule has 0 atom stereocenters. The molecule has 0 aromatic carbocycles. The second-order valence-electron chi connectivity index (χ2n) is 1.75. The maximum absolute atomic E-state index is 10.6. The van der Waals surface area contributed by atoms with E-state index in [9.17, 15) is 9.59 Å². The third kappa shape index (κ3) is 5.03. The fourth-order valence-electron chi connectivity index (χ4n) is 0.456. The quantitative estimate of drug-likeness (QED) is 0.553. The van der Waals surface area contributed by atoms with Gasteiger partial charge in [0.15, 0.2) is 0 Å². The lowest BCUT2D eigenvalue weighted by atomic mass is 10.3. The normalized spacial score (nSPS) is 8.40. The Kier molecular flexibility index (Phi) is 5.33. The fourth-order valence-corrected chi connectivity index (χ4v) is 0.456. The van der Waals surface area contributed by atoms with Gasteiger partial charge in [-0.2, -0.15) is 0 Å². The molecule has 3 nitrogen and oxygen atoms in total. The minimum atomic E-state index is -0.136. The van der Waals surface area contributed by atoms with Crippen LogP contribution in [0.5, 0.6) is 0 Å². The summed E-state index contributed by atoms with van der Waals surface area (Å²) >= 11 is 0. The van der Waals surface area contributed by atoms with Crippen molar-refractivity contribution >= 4 is 12.2 Å². The second-order valence-corrected chi connectivity index (χ2v) is 1.75. The van der Waals surface area contributed by atoms with E-state index in [-0.39, 0.29) is 12.5 Å². The van der Waals surface area contributed by atoms with E-state index in [4.69, 9.17) is 0 Å². The first-order valence-electron chi connectivity index (χ1n) is 3.04. The van der Waals surface area contributed by atoms with Gasteiger partial charge in [-0.05, 0) is 6.42 Å². The summed E-state index contributed by atoms with van der Waals surface area (Å²) in [5, 5.41) is 2.36. The molecule has 0 unspecified atom stereocenters. The summed E-state index contributed by atoms with van der Waals surface area (Å²) < 4.78 is 0. The van der Waals surface area contributed by atoms with Gasteiger partial charge in [-0.25, -0.2) is 0 Å². The summed E-state index contributed by atoms with van der Waals surface area (Å²) in [5.74, 6) is -0.136. The number of amides is 1. The zero-order chi connectivity index (χ0) is 7.82. The molecule has 0 aliphatic rings. The van der Waals surface area contributed by atoms with Crippen LogP contribution in [0.25, 0.3) is 0 Å².